The lowest BCUT2D eigenvalue weighted by Gasteiger charge is -2.11. The van der Waals surface area contributed by atoms with Crippen molar-refractivity contribution in [1.82, 2.24) is 9.55 Å². The number of benzene rings is 2. The van der Waals surface area contributed by atoms with Crippen LogP contribution >= 0.6 is 27.5 Å². The summed E-state index contributed by atoms with van der Waals surface area (Å²) < 4.78 is 15.9. The van der Waals surface area contributed by atoms with Crippen LogP contribution in [0.2, 0.25) is 0 Å². The second-order valence-electron chi connectivity index (χ2n) is 5.01. The van der Waals surface area contributed by atoms with Crippen LogP contribution in [-0.2, 0) is 0 Å². The van der Waals surface area contributed by atoms with Crippen LogP contribution in [0.5, 0.6) is 0 Å². The van der Waals surface area contributed by atoms with Crippen molar-refractivity contribution in [3.8, 4) is 5.69 Å². The quantitative estimate of drug-likeness (QED) is 0.544. The Bertz CT molecular complexity index is 827. The SMILES string of the molecule is Cc1ccc2nc(C(C)Cl)n(-c3ccc(F)c(Br)c3)c2c1. The van der Waals surface area contributed by atoms with Gasteiger partial charge in [0, 0.05) is 5.69 Å². The molecule has 0 saturated heterocycles. The lowest BCUT2D eigenvalue weighted by Crippen LogP contribution is -2.02. The van der Waals surface area contributed by atoms with E-state index in [0.717, 1.165) is 28.1 Å². The third-order valence-corrected chi connectivity index (χ3v) is 4.16. The van der Waals surface area contributed by atoms with Gasteiger partial charge in [0.2, 0.25) is 0 Å². The fourth-order valence-electron chi connectivity index (χ4n) is 2.37. The topological polar surface area (TPSA) is 17.8 Å². The van der Waals surface area contributed by atoms with Crippen LogP contribution in [0, 0.1) is 12.7 Å². The number of aryl methyl sites for hydroxylation is 1. The van der Waals surface area contributed by atoms with E-state index in [1.165, 1.54) is 6.07 Å². The Balaban J connectivity index is 2.35. The third kappa shape index (κ3) is 2.58. The molecule has 3 rings (SSSR count). The summed E-state index contributed by atoms with van der Waals surface area (Å²) in [6, 6.07) is 10.9. The summed E-state index contributed by atoms with van der Waals surface area (Å²) in [5.41, 5.74) is 3.82. The summed E-state index contributed by atoms with van der Waals surface area (Å²) in [6.07, 6.45) is 0. The van der Waals surface area contributed by atoms with E-state index >= 15 is 0 Å². The van der Waals surface area contributed by atoms with Gasteiger partial charge in [0.05, 0.1) is 20.9 Å². The maximum absolute atomic E-state index is 13.5. The fraction of sp³-hybridized carbons (Fsp3) is 0.188. The second-order valence-corrected chi connectivity index (χ2v) is 6.52. The molecule has 1 atom stereocenters. The molecule has 0 radical (unpaired) electrons. The highest BCUT2D eigenvalue weighted by Gasteiger charge is 2.17. The van der Waals surface area contributed by atoms with Crippen LogP contribution < -0.4 is 0 Å². The van der Waals surface area contributed by atoms with E-state index in [1.54, 1.807) is 12.1 Å². The van der Waals surface area contributed by atoms with Crippen molar-refractivity contribution in [1.29, 1.82) is 0 Å². The average molecular weight is 368 g/mol. The molecule has 1 aromatic heterocycles. The molecule has 0 aliphatic carbocycles. The Morgan fingerprint density at radius 1 is 1.24 bits per heavy atom. The molecule has 108 valence electrons. The van der Waals surface area contributed by atoms with E-state index in [0.29, 0.717) is 4.47 Å². The Kier molecular flexibility index (Phi) is 3.76. The van der Waals surface area contributed by atoms with E-state index in [1.807, 2.05) is 30.5 Å². The minimum atomic E-state index is -0.292. The number of nitrogens with zero attached hydrogens (tertiary/aromatic N) is 2. The molecule has 0 amide bonds. The molecule has 2 nitrogen and oxygen atoms in total. The first-order chi connectivity index (χ1) is 9.97. The first-order valence-electron chi connectivity index (χ1n) is 6.56. The maximum Gasteiger partial charge on any atom is 0.137 e. The van der Waals surface area contributed by atoms with Gasteiger partial charge >= 0.3 is 0 Å². The number of hydrogen-bond acceptors (Lipinski definition) is 1. The number of rotatable bonds is 2. The van der Waals surface area contributed by atoms with Gasteiger partial charge in [0.15, 0.2) is 0 Å². The molecule has 3 aromatic rings. The van der Waals surface area contributed by atoms with Gasteiger partial charge < -0.3 is 0 Å². The average Bonchev–Trinajstić information content (AvgIpc) is 2.80. The molecule has 0 spiro atoms. The van der Waals surface area contributed by atoms with Gasteiger partial charge in [0.1, 0.15) is 11.6 Å². The van der Waals surface area contributed by atoms with Gasteiger partial charge in [-0.1, -0.05) is 6.07 Å². The summed E-state index contributed by atoms with van der Waals surface area (Å²) >= 11 is 9.50. The van der Waals surface area contributed by atoms with E-state index < -0.39 is 0 Å². The second kappa shape index (κ2) is 5.43. The lowest BCUT2D eigenvalue weighted by atomic mass is 10.2. The highest BCUT2D eigenvalue weighted by molar-refractivity contribution is 9.10. The van der Waals surface area contributed by atoms with Crippen molar-refractivity contribution < 1.29 is 4.39 Å². The van der Waals surface area contributed by atoms with Crippen LogP contribution in [0.15, 0.2) is 40.9 Å². The van der Waals surface area contributed by atoms with Crippen LogP contribution in [-0.4, -0.2) is 9.55 Å². The summed E-state index contributed by atoms with van der Waals surface area (Å²) in [5.74, 6) is 0.454. The van der Waals surface area contributed by atoms with Gasteiger partial charge in [-0.15, -0.1) is 11.6 Å². The zero-order valence-electron chi connectivity index (χ0n) is 11.6. The summed E-state index contributed by atoms with van der Waals surface area (Å²) in [6.45, 7) is 3.91. The molecule has 21 heavy (non-hydrogen) atoms. The molecule has 0 fully saturated rings. The highest BCUT2D eigenvalue weighted by atomic mass is 79.9. The number of halogens is 3. The van der Waals surface area contributed by atoms with E-state index in [2.05, 4.69) is 27.0 Å². The summed E-state index contributed by atoms with van der Waals surface area (Å²) in [5, 5.41) is -0.249. The molecule has 0 aliphatic heterocycles. The van der Waals surface area contributed by atoms with Gasteiger partial charge in [-0.25, -0.2) is 9.37 Å². The minimum absolute atomic E-state index is 0.249. The Morgan fingerprint density at radius 2 is 2.00 bits per heavy atom. The van der Waals surface area contributed by atoms with Crippen LogP contribution in [0.4, 0.5) is 4.39 Å². The molecule has 0 saturated carbocycles. The normalized spacial score (nSPS) is 12.8. The molecule has 2 aromatic carbocycles. The Morgan fingerprint density at radius 3 is 2.67 bits per heavy atom. The molecule has 1 unspecified atom stereocenters. The standard InChI is InChI=1S/C16H13BrClFN2/c1-9-3-6-14-15(7-9)21(16(20-14)10(2)18)11-4-5-13(19)12(17)8-11/h3-8,10H,1-2H3. The number of imidazole rings is 1. The van der Waals surface area contributed by atoms with Gasteiger partial charge in [-0.3, -0.25) is 4.57 Å². The van der Waals surface area contributed by atoms with Crippen molar-refractivity contribution in [2.75, 3.05) is 0 Å². The molecule has 1 heterocycles. The molecule has 0 N–H and O–H groups in total. The van der Waals surface area contributed by atoms with Gasteiger partial charge in [0.25, 0.3) is 0 Å². The third-order valence-electron chi connectivity index (χ3n) is 3.35. The van der Waals surface area contributed by atoms with Crippen molar-refractivity contribution in [2.24, 2.45) is 0 Å². The summed E-state index contributed by atoms with van der Waals surface area (Å²) in [7, 11) is 0. The van der Waals surface area contributed by atoms with Crippen molar-refractivity contribution in [3.63, 3.8) is 0 Å². The molecule has 0 aliphatic rings. The predicted molar refractivity (Wildman–Crippen MR) is 87.7 cm³/mol. The number of aromatic nitrogens is 2. The smallest absolute Gasteiger partial charge is 0.137 e. The monoisotopic (exact) mass is 366 g/mol. The van der Waals surface area contributed by atoms with E-state index in [-0.39, 0.29) is 11.2 Å². The van der Waals surface area contributed by atoms with Crippen LogP contribution in [0.3, 0.4) is 0 Å². The van der Waals surface area contributed by atoms with E-state index in [4.69, 9.17) is 11.6 Å². The first kappa shape index (κ1) is 14.5. The zero-order valence-corrected chi connectivity index (χ0v) is 13.9. The highest BCUT2D eigenvalue weighted by Crippen LogP contribution is 2.30. The first-order valence-corrected chi connectivity index (χ1v) is 7.79. The lowest BCUT2D eigenvalue weighted by molar-refractivity contribution is 0.620. The Labute approximate surface area is 135 Å². The van der Waals surface area contributed by atoms with Crippen molar-refractivity contribution in [3.05, 3.63) is 58.1 Å². The summed E-state index contributed by atoms with van der Waals surface area (Å²) in [4.78, 5) is 4.60. The Hall–Kier alpha value is -1.39. The largest absolute Gasteiger partial charge is 0.295 e. The molecule has 0 bridgehead atoms. The molecule has 5 heteroatoms. The van der Waals surface area contributed by atoms with E-state index in [9.17, 15) is 4.39 Å². The van der Waals surface area contributed by atoms with Crippen molar-refractivity contribution >= 4 is 38.6 Å². The predicted octanol–water partition coefficient (Wildman–Crippen LogP) is 5.54. The van der Waals surface area contributed by atoms with Gasteiger partial charge in [-0.05, 0) is 65.7 Å². The zero-order chi connectivity index (χ0) is 15.1. The molecular weight excluding hydrogens is 355 g/mol. The van der Waals surface area contributed by atoms with Crippen LogP contribution in [0.1, 0.15) is 23.7 Å². The number of fused-ring (bicyclic) bond motifs is 1. The van der Waals surface area contributed by atoms with Crippen LogP contribution in [0.25, 0.3) is 16.7 Å². The minimum Gasteiger partial charge on any atom is -0.295 e. The number of alkyl halides is 1. The number of hydrogen-bond donors (Lipinski definition) is 0. The maximum atomic E-state index is 13.5. The fourth-order valence-corrected chi connectivity index (χ4v) is 2.88. The van der Waals surface area contributed by atoms with Gasteiger partial charge in [-0.2, -0.15) is 0 Å². The molecular formula is C16H13BrClFN2. The van der Waals surface area contributed by atoms with Crippen molar-refractivity contribution in [2.45, 2.75) is 19.2 Å².